The molecule has 0 fully saturated rings. The Morgan fingerprint density at radius 3 is 2.27 bits per heavy atom. The Morgan fingerprint density at radius 2 is 1.77 bits per heavy atom. The average molecular weight is 387 g/mol. The van der Waals surface area contributed by atoms with E-state index in [0.717, 1.165) is 16.0 Å². The van der Waals surface area contributed by atoms with Crippen LogP contribution in [0.15, 0.2) is 70.1 Å². The number of hydrogen-bond acceptors (Lipinski definition) is 2. The van der Waals surface area contributed by atoms with Crippen LogP contribution in [-0.2, 0) is 0 Å². The average Bonchev–Trinajstić information content (AvgIpc) is 2.51. The maximum Gasteiger partial charge on any atom is 0.166 e. The van der Waals surface area contributed by atoms with Crippen molar-refractivity contribution in [3.8, 4) is 0 Å². The molecule has 0 aromatic heterocycles. The Hall–Kier alpha value is -1.65. The molecule has 1 rings (SSSR count). The van der Waals surface area contributed by atoms with Crippen molar-refractivity contribution in [2.24, 2.45) is 22.1 Å². The van der Waals surface area contributed by atoms with Gasteiger partial charge in [-0.25, -0.2) is 4.99 Å². The van der Waals surface area contributed by atoms with Gasteiger partial charge >= 0.3 is 0 Å². The number of rotatable bonds is 5. The fraction of sp³-hybridized carbons (Fsp3) is 0.364. The molecule has 1 aromatic carbocycles. The van der Waals surface area contributed by atoms with Crippen molar-refractivity contribution in [3.63, 3.8) is 0 Å². The highest BCUT2D eigenvalue weighted by atomic mass is 32.2. The van der Waals surface area contributed by atoms with Gasteiger partial charge in [0.2, 0.25) is 0 Å². The van der Waals surface area contributed by atoms with Crippen LogP contribution in [0.4, 0.5) is 0 Å². The van der Waals surface area contributed by atoms with Crippen LogP contribution in [-0.4, -0.2) is 10.2 Å². The Kier molecular flexibility index (Phi) is 8.51. The van der Waals surface area contributed by atoms with E-state index >= 15 is 0 Å². The standard InChI is InChI=1S/C22H30N2S2/c1-15(2)14-18(11-10-17(4)22(5,6)7)20(23)24-21(25)26-19-12-8-16(3)9-13-19/h8-15H,4H2,1-3,5-7H3,(H2,23,24,25)/b11-10-,18-14+. The summed E-state index contributed by atoms with van der Waals surface area (Å²) in [5.74, 6) is 0.783. The first-order valence-corrected chi connectivity index (χ1v) is 9.94. The van der Waals surface area contributed by atoms with Crippen LogP contribution in [0, 0.1) is 18.3 Å². The molecule has 0 saturated carbocycles. The second-order valence-electron chi connectivity index (χ2n) is 7.65. The van der Waals surface area contributed by atoms with Crippen molar-refractivity contribution in [2.45, 2.75) is 46.4 Å². The summed E-state index contributed by atoms with van der Waals surface area (Å²) in [5, 5.41) is 0. The highest BCUT2D eigenvalue weighted by Crippen LogP contribution is 2.25. The highest BCUT2D eigenvalue weighted by molar-refractivity contribution is 8.23. The molecule has 0 saturated heterocycles. The normalized spacial score (nSPS) is 13.5. The molecule has 0 spiro atoms. The number of nitrogens with two attached hydrogens (primary N) is 1. The van der Waals surface area contributed by atoms with Gasteiger partial charge in [0, 0.05) is 10.5 Å². The summed E-state index contributed by atoms with van der Waals surface area (Å²) >= 11 is 6.84. The molecule has 0 aliphatic carbocycles. The second-order valence-corrected chi connectivity index (χ2v) is 9.36. The number of hydrogen-bond donors (Lipinski definition) is 1. The fourth-order valence-corrected chi connectivity index (χ4v) is 2.92. The zero-order valence-corrected chi connectivity index (χ0v) is 18.3. The number of aryl methyl sites for hydroxylation is 1. The van der Waals surface area contributed by atoms with Crippen LogP contribution < -0.4 is 5.73 Å². The number of nitrogens with zero attached hydrogens (tertiary/aromatic N) is 1. The summed E-state index contributed by atoms with van der Waals surface area (Å²) < 4.78 is 0.504. The largest absolute Gasteiger partial charge is 0.383 e. The maximum absolute atomic E-state index is 6.24. The zero-order chi connectivity index (χ0) is 19.9. The molecule has 0 aliphatic rings. The minimum atomic E-state index is 0.0158. The minimum absolute atomic E-state index is 0.0158. The van der Waals surface area contributed by atoms with E-state index in [-0.39, 0.29) is 5.41 Å². The van der Waals surface area contributed by atoms with Crippen molar-refractivity contribution in [3.05, 3.63) is 65.8 Å². The first-order valence-electron chi connectivity index (χ1n) is 8.71. The van der Waals surface area contributed by atoms with Crippen molar-refractivity contribution in [2.75, 3.05) is 0 Å². The van der Waals surface area contributed by atoms with E-state index in [0.29, 0.717) is 16.1 Å². The van der Waals surface area contributed by atoms with Gasteiger partial charge in [-0.3, -0.25) is 0 Å². The van der Waals surface area contributed by atoms with E-state index in [9.17, 15) is 0 Å². The van der Waals surface area contributed by atoms with Gasteiger partial charge in [0.15, 0.2) is 4.32 Å². The van der Waals surface area contributed by atoms with E-state index in [1.807, 2.05) is 24.3 Å². The van der Waals surface area contributed by atoms with Gasteiger partial charge in [-0.2, -0.15) is 0 Å². The molecule has 0 heterocycles. The molecule has 0 radical (unpaired) electrons. The van der Waals surface area contributed by atoms with Crippen LogP contribution in [0.1, 0.15) is 40.2 Å². The first kappa shape index (κ1) is 22.4. The molecule has 0 unspecified atom stereocenters. The second kappa shape index (κ2) is 9.89. The molecule has 4 heteroatoms. The summed E-state index contributed by atoms with van der Waals surface area (Å²) in [7, 11) is 0. The van der Waals surface area contributed by atoms with Crippen LogP contribution >= 0.6 is 24.0 Å². The Morgan fingerprint density at radius 1 is 1.19 bits per heavy atom. The first-order chi connectivity index (χ1) is 12.0. The van der Waals surface area contributed by atoms with Crippen LogP contribution in [0.3, 0.4) is 0 Å². The quantitative estimate of drug-likeness (QED) is 0.207. The number of amidine groups is 1. The van der Waals surface area contributed by atoms with Crippen LogP contribution in [0.2, 0.25) is 0 Å². The van der Waals surface area contributed by atoms with Gasteiger partial charge in [-0.15, -0.1) is 0 Å². The topological polar surface area (TPSA) is 38.4 Å². The molecular weight excluding hydrogens is 356 g/mol. The lowest BCUT2D eigenvalue weighted by atomic mass is 9.87. The third-order valence-electron chi connectivity index (χ3n) is 3.67. The number of thioether (sulfide) groups is 1. The zero-order valence-electron chi connectivity index (χ0n) is 16.7. The van der Waals surface area contributed by atoms with Crippen molar-refractivity contribution in [1.82, 2.24) is 0 Å². The third kappa shape index (κ3) is 8.15. The highest BCUT2D eigenvalue weighted by Gasteiger charge is 2.12. The SMILES string of the molecule is C=C(\C=C/C(=C\C(C)C)C(/N)=N/C(=S)Sc1ccc(C)cc1)C(C)(C)C. The molecule has 26 heavy (non-hydrogen) atoms. The molecular formula is C22H30N2S2. The fourth-order valence-electron chi connectivity index (χ4n) is 1.92. The molecule has 2 nitrogen and oxygen atoms in total. The van der Waals surface area contributed by atoms with E-state index in [2.05, 4.69) is 71.3 Å². The number of aliphatic imine (C=N–C) groups is 1. The lowest BCUT2D eigenvalue weighted by molar-refractivity contribution is 0.519. The van der Waals surface area contributed by atoms with E-state index in [4.69, 9.17) is 18.0 Å². The molecule has 0 bridgehead atoms. The number of thiocarbonyl (C=S) groups is 1. The predicted octanol–water partition coefficient (Wildman–Crippen LogP) is 6.47. The smallest absolute Gasteiger partial charge is 0.166 e. The van der Waals surface area contributed by atoms with Crippen LogP contribution in [0.5, 0.6) is 0 Å². The van der Waals surface area contributed by atoms with Gasteiger partial charge in [-0.05, 0) is 36.0 Å². The monoisotopic (exact) mass is 386 g/mol. The summed E-state index contributed by atoms with van der Waals surface area (Å²) in [6.45, 7) is 16.8. The minimum Gasteiger partial charge on any atom is -0.383 e. The summed E-state index contributed by atoms with van der Waals surface area (Å²) in [6, 6.07) is 8.19. The lowest BCUT2D eigenvalue weighted by Gasteiger charge is -2.18. The van der Waals surface area contributed by atoms with Gasteiger partial charge < -0.3 is 5.73 Å². The molecule has 0 amide bonds. The Bertz CT molecular complexity index is 730. The van der Waals surface area contributed by atoms with Gasteiger partial charge in [0.05, 0.1) is 0 Å². The predicted molar refractivity (Wildman–Crippen MR) is 122 cm³/mol. The summed E-state index contributed by atoms with van der Waals surface area (Å²) in [6.07, 6.45) is 6.07. The molecule has 0 aliphatic heterocycles. The summed E-state index contributed by atoms with van der Waals surface area (Å²) in [4.78, 5) is 5.49. The lowest BCUT2D eigenvalue weighted by Crippen LogP contribution is -2.16. The maximum atomic E-state index is 6.24. The molecule has 140 valence electrons. The Balaban J connectivity index is 2.97. The van der Waals surface area contributed by atoms with E-state index < -0.39 is 0 Å². The number of allylic oxidation sites excluding steroid dienone is 3. The van der Waals surface area contributed by atoms with E-state index in [1.165, 1.54) is 17.3 Å². The third-order valence-corrected chi connectivity index (χ3v) is 4.79. The number of benzene rings is 1. The molecule has 0 atom stereocenters. The van der Waals surface area contributed by atoms with E-state index in [1.54, 1.807) is 0 Å². The molecule has 2 N–H and O–H groups in total. The van der Waals surface area contributed by atoms with Gasteiger partial charge in [-0.1, -0.05) is 101 Å². The Labute approximate surface area is 168 Å². The van der Waals surface area contributed by atoms with Gasteiger partial charge in [0.25, 0.3) is 0 Å². The molecule has 1 aromatic rings. The van der Waals surface area contributed by atoms with Crippen molar-refractivity contribution in [1.29, 1.82) is 0 Å². The van der Waals surface area contributed by atoms with Crippen LogP contribution in [0.25, 0.3) is 0 Å². The van der Waals surface area contributed by atoms with Crippen molar-refractivity contribution < 1.29 is 0 Å². The summed E-state index contributed by atoms with van der Waals surface area (Å²) in [5.41, 5.74) is 9.38. The van der Waals surface area contributed by atoms with Gasteiger partial charge in [0.1, 0.15) is 5.84 Å². The van der Waals surface area contributed by atoms with Crippen molar-refractivity contribution >= 4 is 34.1 Å².